The van der Waals surface area contributed by atoms with Crippen molar-refractivity contribution in [2.24, 2.45) is 0 Å². The average molecular weight is 473 g/mol. The van der Waals surface area contributed by atoms with Gasteiger partial charge in [-0.1, -0.05) is 72.3 Å². The molecular formula is C30H36N2O3. The van der Waals surface area contributed by atoms with Crippen LogP contribution in [0.15, 0.2) is 78.9 Å². The molecule has 0 unspecified atom stereocenters. The fourth-order valence-corrected chi connectivity index (χ4v) is 3.95. The third kappa shape index (κ3) is 8.29. The predicted octanol–water partition coefficient (Wildman–Crippen LogP) is 5.24. The zero-order valence-corrected chi connectivity index (χ0v) is 21.4. The number of hydrogen-bond donors (Lipinski definition) is 1. The molecule has 0 radical (unpaired) electrons. The van der Waals surface area contributed by atoms with Gasteiger partial charge in [0.05, 0.1) is 0 Å². The van der Waals surface area contributed by atoms with Crippen molar-refractivity contribution >= 4 is 11.8 Å². The number of hydrogen-bond acceptors (Lipinski definition) is 3. The molecule has 0 aromatic heterocycles. The standard InChI is InChI=1S/C30H36N2O3/c1-22-11-9-15-25(17-22)20-32(28(33)21-35-26-16-10-12-23(2)18-26)27(29(34)31-30(3,4)5)19-24-13-7-6-8-14-24/h6-18,27H,19-21H2,1-5H3,(H,31,34)/t27-/m0/s1. The number of rotatable bonds is 9. The number of amides is 2. The molecule has 1 atom stereocenters. The van der Waals surface area contributed by atoms with E-state index in [4.69, 9.17) is 4.74 Å². The van der Waals surface area contributed by atoms with Crippen LogP contribution in [0.25, 0.3) is 0 Å². The van der Waals surface area contributed by atoms with Crippen molar-refractivity contribution in [1.82, 2.24) is 10.2 Å². The Labute approximate surface area is 209 Å². The van der Waals surface area contributed by atoms with Gasteiger partial charge < -0.3 is 15.0 Å². The van der Waals surface area contributed by atoms with E-state index >= 15 is 0 Å². The van der Waals surface area contributed by atoms with Crippen molar-refractivity contribution in [3.63, 3.8) is 0 Å². The summed E-state index contributed by atoms with van der Waals surface area (Å²) in [5.41, 5.74) is 3.68. The second-order valence-corrected chi connectivity index (χ2v) is 10.1. The number of benzene rings is 3. The highest BCUT2D eigenvalue weighted by Gasteiger charge is 2.32. The highest BCUT2D eigenvalue weighted by atomic mass is 16.5. The van der Waals surface area contributed by atoms with Gasteiger partial charge in [-0.25, -0.2) is 0 Å². The molecule has 0 heterocycles. The van der Waals surface area contributed by atoms with E-state index in [1.807, 2.05) is 113 Å². The fourth-order valence-electron chi connectivity index (χ4n) is 3.95. The van der Waals surface area contributed by atoms with Gasteiger partial charge in [-0.05, 0) is 63.4 Å². The third-order valence-electron chi connectivity index (χ3n) is 5.56. The monoisotopic (exact) mass is 472 g/mol. The van der Waals surface area contributed by atoms with Crippen LogP contribution in [0, 0.1) is 13.8 Å². The fraction of sp³-hybridized carbons (Fsp3) is 0.333. The van der Waals surface area contributed by atoms with Gasteiger partial charge in [-0.3, -0.25) is 9.59 Å². The molecule has 0 aliphatic rings. The molecule has 0 spiro atoms. The molecule has 2 amide bonds. The summed E-state index contributed by atoms with van der Waals surface area (Å²) < 4.78 is 5.85. The zero-order chi connectivity index (χ0) is 25.4. The summed E-state index contributed by atoms with van der Waals surface area (Å²) in [6, 6.07) is 24.7. The molecule has 5 nitrogen and oxygen atoms in total. The number of aryl methyl sites for hydroxylation is 2. The lowest BCUT2D eigenvalue weighted by molar-refractivity contribution is -0.143. The Morgan fingerprint density at radius 1 is 0.857 bits per heavy atom. The highest BCUT2D eigenvalue weighted by Crippen LogP contribution is 2.18. The first kappa shape index (κ1) is 26.0. The van der Waals surface area contributed by atoms with Gasteiger partial charge in [0.15, 0.2) is 6.61 Å². The maximum Gasteiger partial charge on any atom is 0.261 e. The van der Waals surface area contributed by atoms with Crippen molar-refractivity contribution in [2.45, 2.75) is 59.2 Å². The molecule has 3 aromatic rings. The van der Waals surface area contributed by atoms with Gasteiger partial charge >= 0.3 is 0 Å². The Bertz CT molecular complexity index is 1140. The van der Waals surface area contributed by atoms with Gasteiger partial charge in [0.2, 0.25) is 5.91 Å². The lowest BCUT2D eigenvalue weighted by Gasteiger charge is -2.33. The van der Waals surface area contributed by atoms with Crippen LogP contribution in [0.1, 0.15) is 43.0 Å². The molecule has 0 aliphatic heterocycles. The number of nitrogens with one attached hydrogen (secondary N) is 1. The number of carbonyl (C=O) groups excluding carboxylic acids is 2. The molecule has 3 rings (SSSR count). The molecule has 5 heteroatoms. The molecule has 0 bridgehead atoms. The van der Waals surface area contributed by atoms with Crippen LogP contribution in [-0.2, 0) is 22.6 Å². The lowest BCUT2D eigenvalue weighted by Crippen LogP contribution is -2.55. The van der Waals surface area contributed by atoms with E-state index in [9.17, 15) is 9.59 Å². The minimum atomic E-state index is -0.689. The van der Waals surface area contributed by atoms with E-state index in [1.54, 1.807) is 4.90 Å². The first-order chi connectivity index (χ1) is 16.6. The molecule has 0 fully saturated rings. The summed E-state index contributed by atoms with van der Waals surface area (Å²) in [5.74, 6) is 0.212. The Hall–Kier alpha value is -3.60. The average Bonchev–Trinajstić information content (AvgIpc) is 2.79. The van der Waals surface area contributed by atoms with E-state index in [0.29, 0.717) is 18.7 Å². The first-order valence-electron chi connectivity index (χ1n) is 12.0. The minimum Gasteiger partial charge on any atom is -0.484 e. The molecule has 184 valence electrons. The van der Waals surface area contributed by atoms with Crippen LogP contribution in [0.5, 0.6) is 5.75 Å². The Kier molecular flexibility index (Phi) is 8.69. The van der Waals surface area contributed by atoms with Crippen LogP contribution in [0.2, 0.25) is 0 Å². The second kappa shape index (κ2) is 11.7. The van der Waals surface area contributed by atoms with Gasteiger partial charge in [0, 0.05) is 18.5 Å². The van der Waals surface area contributed by atoms with Crippen molar-refractivity contribution in [3.8, 4) is 5.75 Å². The Balaban J connectivity index is 1.93. The van der Waals surface area contributed by atoms with Crippen LogP contribution in [0.4, 0.5) is 0 Å². The van der Waals surface area contributed by atoms with Gasteiger partial charge in [-0.2, -0.15) is 0 Å². The summed E-state index contributed by atoms with van der Waals surface area (Å²) in [5, 5.41) is 3.08. The SMILES string of the molecule is Cc1cccc(CN(C(=O)COc2cccc(C)c2)[C@@H](Cc2ccccc2)C(=O)NC(C)(C)C)c1. The predicted molar refractivity (Wildman–Crippen MR) is 140 cm³/mol. The van der Waals surface area contributed by atoms with E-state index in [0.717, 1.165) is 22.3 Å². The Morgan fingerprint density at radius 2 is 1.49 bits per heavy atom. The largest absolute Gasteiger partial charge is 0.484 e. The summed E-state index contributed by atoms with van der Waals surface area (Å²) in [7, 11) is 0. The van der Waals surface area contributed by atoms with Crippen LogP contribution in [-0.4, -0.2) is 34.9 Å². The number of carbonyl (C=O) groups is 2. The highest BCUT2D eigenvalue weighted by molar-refractivity contribution is 5.89. The van der Waals surface area contributed by atoms with E-state index in [-0.39, 0.29) is 18.4 Å². The van der Waals surface area contributed by atoms with Gasteiger partial charge in [-0.15, -0.1) is 0 Å². The lowest BCUT2D eigenvalue weighted by atomic mass is 10.0. The zero-order valence-electron chi connectivity index (χ0n) is 21.4. The third-order valence-corrected chi connectivity index (χ3v) is 5.56. The summed E-state index contributed by atoms with van der Waals surface area (Å²) >= 11 is 0. The summed E-state index contributed by atoms with van der Waals surface area (Å²) in [6.07, 6.45) is 0.407. The maximum atomic E-state index is 13.6. The van der Waals surface area contributed by atoms with E-state index in [2.05, 4.69) is 5.32 Å². The molecule has 1 N–H and O–H groups in total. The summed E-state index contributed by atoms with van der Waals surface area (Å²) in [4.78, 5) is 28.8. The molecule has 0 saturated carbocycles. The molecule has 0 aliphatic carbocycles. The van der Waals surface area contributed by atoms with Crippen molar-refractivity contribution in [1.29, 1.82) is 0 Å². The smallest absolute Gasteiger partial charge is 0.261 e. The minimum absolute atomic E-state index is 0.149. The van der Waals surface area contributed by atoms with Gasteiger partial charge in [0.25, 0.3) is 5.91 Å². The molecule has 3 aromatic carbocycles. The van der Waals surface area contributed by atoms with Crippen molar-refractivity contribution < 1.29 is 14.3 Å². The second-order valence-electron chi connectivity index (χ2n) is 10.1. The number of ether oxygens (including phenoxy) is 1. The topological polar surface area (TPSA) is 58.6 Å². The normalized spacial score (nSPS) is 12.0. The summed E-state index contributed by atoms with van der Waals surface area (Å²) in [6.45, 7) is 9.99. The molecular weight excluding hydrogens is 436 g/mol. The van der Waals surface area contributed by atoms with E-state index < -0.39 is 11.6 Å². The number of nitrogens with zero attached hydrogens (tertiary/aromatic N) is 1. The van der Waals surface area contributed by atoms with Crippen LogP contribution < -0.4 is 10.1 Å². The van der Waals surface area contributed by atoms with Crippen LogP contribution in [0.3, 0.4) is 0 Å². The first-order valence-corrected chi connectivity index (χ1v) is 12.0. The molecule has 35 heavy (non-hydrogen) atoms. The Morgan fingerprint density at radius 3 is 2.11 bits per heavy atom. The van der Waals surface area contributed by atoms with Gasteiger partial charge in [0.1, 0.15) is 11.8 Å². The van der Waals surface area contributed by atoms with Crippen molar-refractivity contribution in [3.05, 3.63) is 101 Å². The maximum absolute atomic E-state index is 13.6. The van der Waals surface area contributed by atoms with E-state index in [1.165, 1.54) is 0 Å². The quantitative estimate of drug-likeness (QED) is 0.464. The molecule has 0 saturated heterocycles. The van der Waals surface area contributed by atoms with Crippen molar-refractivity contribution in [2.75, 3.05) is 6.61 Å². The van der Waals surface area contributed by atoms with Crippen LogP contribution >= 0.6 is 0 Å².